The van der Waals surface area contributed by atoms with E-state index in [0.717, 1.165) is 49.5 Å². The Bertz CT molecular complexity index is 1450. The molecule has 0 unspecified atom stereocenters. The number of carbonyl (C=O) groups is 1. The molecule has 1 saturated heterocycles. The summed E-state index contributed by atoms with van der Waals surface area (Å²) in [5, 5.41) is 5.34. The second kappa shape index (κ2) is 11.5. The van der Waals surface area contributed by atoms with Crippen molar-refractivity contribution in [2.45, 2.75) is 6.54 Å². The van der Waals surface area contributed by atoms with Crippen molar-refractivity contribution in [3.63, 3.8) is 0 Å². The lowest BCUT2D eigenvalue weighted by Gasteiger charge is -2.32. The van der Waals surface area contributed by atoms with Gasteiger partial charge in [-0.2, -0.15) is 0 Å². The minimum absolute atomic E-state index is 0.184. The second-order valence-electron chi connectivity index (χ2n) is 9.08. The van der Waals surface area contributed by atoms with Crippen molar-refractivity contribution in [2.24, 2.45) is 0 Å². The maximum absolute atomic E-state index is 13.8. The molecule has 186 valence electrons. The van der Waals surface area contributed by atoms with Crippen LogP contribution in [-0.4, -0.2) is 53.9 Å². The van der Waals surface area contributed by atoms with Gasteiger partial charge in [-0.05, 0) is 49.0 Å². The standard InChI is InChI=1S/C30H27FN4OS/c1-34-15-17-35(18-16-34)20-23-10-13-25(14-11-23)29(36)33-30-32-28(21-37-30)26-7-4-5-22(19-26)9-12-24-6-2-3-8-27(24)31/h2-8,10-11,13-14,19,21H,15-18,20H2,1H3,(H,32,33,36). The van der Waals surface area contributed by atoms with Gasteiger partial charge in [0.15, 0.2) is 5.13 Å². The van der Waals surface area contributed by atoms with Crippen molar-refractivity contribution in [1.82, 2.24) is 14.8 Å². The molecule has 1 aliphatic heterocycles. The Kier molecular flexibility index (Phi) is 7.71. The lowest BCUT2D eigenvalue weighted by molar-refractivity contribution is 0.102. The number of piperazine rings is 1. The number of halogens is 1. The van der Waals surface area contributed by atoms with Gasteiger partial charge in [-0.3, -0.25) is 15.0 Å². The summed E-state index contributed by atoms with van der Waals surface area (Å²) in [6.45, 7) is 5.19. The lowest BCUT2D eigenvalue weighted by Crippen LogP contribution is -2.43. The SMILES string of the molecule is CN1CCN(Cc2ccc(C(=O)Nc3nc(-c4cccc(C#Cc5ccccc5F)c4)cs3)cc2)CC1. The third-order valence-corrected chi connectivity index (χ3v) is 7.07. The number of thiazole rings is 1. The van der Waals surface area contributed by atoms with Gasteiger partial charge in [0, 0.05) is 54.8 Å². The average Bonchev–Trinajstić information content (AvgIpc) is 3.39. The van der Waals surface area contributed by atoms with Gasteiger partial charge in [-0.15, -0.1) is 11.3 Å². The number of nitrogens with zero attached hydrogens (tertiary/aromatic N) is 3. The van der Waals surface area contributed by atoms with Crippen LogP contribution in [0, 0.1) is 17.7 Å². The first kappa shape index (κ1) is 24.8. The molecule has 1 amide bonds. The van der Waals surface area contributed by atoms with Crippen LogP contribution < -0.4 is 5.32 Å². The van der Waals surface area contributed by atoms with Crippen LogP contribution in [0.5, 0.6) is 0 Å². The van der Waals surface area contributed by atoms with Gasteiger partial charge in [0.1, 0.15) is 5.82 Å². The molecular weight excluding hydrogens is 483 g/mol. The Hall–Kier alpha value is -3.83. The molecule has 0 saturated carbocycles. The van der Waals surface area contributed by atoms with Crippen molar-refractivity contribution in [1.29, 1.82) is 0 Å². The van der Waals surface area contributed by atoms with Crippen LogP contribution in [0.3, 0.4) is 0 Å². The third kappa shape index (κ3) is 6.49. The normalized spacial score (nSPS) is 14.1. The van der Waals surface area contributed by atoms with Gasteiger partial charge in [0.2, 0.25) is 0 Å². The molecule has 0 atom stereocenters. The lowest BCUT2D eigenvalue weighted by atomic mass is 10.1. The number of rotatable bonds is 5. The molecule has 37 heavy (non-hydrogen) atoms. The Morgan fingerprint density at radius 1 is 1.00 bits per heavy atom. The number of carbonyl (C=O) groups excluding carboxylic acids is 1. The average molecular weight is 511 g/mol. The number of nitrogens with one attached hydrogen (secondary N) is 1. The van der Waals surface area contributed by atoms with Crippen LogP contribution in [-0.2, 0) is 6.54 Å². The molecule has 1 aliphatic rings. The van der Waals surface area contributed by atoms with Crippen LogP contribution >= 0.6 is 11.3 Å². The maximum atomic E-state index is 13.8. The molecule has 7 heteroatoms. The molecule has 1 fully saturated rings. The monoisotopic (exact) mass is 510 g/mol. The quantitative estimate of drug-likeness (QED) is 0.368. The Balaban J connectivity index is 1.21. The number of likely N-dealkylation sites (N-methyl/N-ethyl adjacent to an activating group) is 1. The minimum atomic E-state index is -0.337. The summed E-state index contributed by atoms with van der Waals surface area (Å²) in [4.78, 5) is 22.2. The Labute approximate surface area is 220 Å². The molecular formula is C30H27FN4OS. The fourth-order valence-electron chi connectivity index (χ4n) is 4.12. The number of hydrogen-bond donors (Lipinski definition) is 1. The molecule has 0 bridgehead atoms. The van der Waals surface area contributed by atoms with E-state index in [9.17, 15) is 9.18 Å². The van der Waals surface area contributed by atoms with Gasteiger partial charge < -0.3 is 4.90 Å². The van der Waals surface area contributed by atoms with Crippen LogP contribution in [0.25, 0.3) is 11.3 Å². The first-order valence-corrected chi connectivity index (χ1v) is 13.1. The van der Waals surface area contributed by atoms with E-state index in [4.69, 9.17) is 0 Å². The number of hydrogen-bond acceptors (Lipinski definition) is 5. The number of aromatic nitrogens is 1. The molecule has 0 aliphatic carbocycles. The molecule has 5 rings (SSSR count). The number of amides is 1. The molecule has 4 aromatic rings. The van der Waals surface area contributed by atoms with E-state index >= 15 is 0 Å². The summed E-state index contributed by atoms with van der Waals surface area (Å²) in [5.74, 6) is 5.38. The highest BCUT2D eigenvalue weighted by Crippen LogP contribution is 2.26. The number of benzene rings is 3. The number of anilines is 1. The van der Waals surface area contributed by atoms with Gasteiger partial charge >= 0.3 is 0 Å². The smallest absolute Gasteiger partial charge is 0.257 e. The van der Waals surface area contributed by atoms with E-state index < -0.39 is 0 Å². The molecule has 2 heterocycles. The summed E-state index contributed by atoms with van der Waals surface area (Å²) in [6, 6.07) is 21.9. The van der Waals surface area contributed by atoms with Crippen molar-refractivity contribution in [3.05, 3.63) is 106 Å². The van der Waals surface area contributed by atoms with Crippen molar-refractivity contribution in [2.75, 3.05) is 38.5 Å². The fraction of sp³-hybridized carbons (Fsp3) is 0.200. The largest absolute Gasteiger partial charge is 0.304 e. The third-order valence-electron chi connectivity index (χ3n) is 6.32. The molecule has 0 radical (unpaired) electrons. The predicted octanol–water partition coefficient (Wildman–Crippen LogP) is 5.35. The zero-order valence-electron chi connectivity index (χ0n) is 20.6. The first-order chi connectivity index (χ1) is 18.0. The van der Waals surface area contributed by atoms with Gasteiger partial charge in [0.05, 0.1) is 11.3 Å². The Morgan fingerprint density at radius 3 is 2.57 bits per heavy atom. The summed E-state index contributed by atoms with van der Waals surface area (Å²) in [7, 11) is 2.15. The first-order valence-electron chi connectivity index (χ1n) is 12.2. The highest BCUT2D eigenvalue weighted by Gasteiger charge is 2.15. The zero-order chi connectivity index (χ0) is 25.6. The molecule has 1 aromatic heterocycles. The van der Waals surface area contributed by atoms with E-state index in [-0.39, 0.29) is 11.7 Å². The van der Waals surface area contributed by atoms with Crippen molar-refractivity contribution >= 4 is 22.4 Å². The molecule has 5 nitrogen and oxygen atoms in total. The minimum Gasteiger partial charge on any atom is -0.304 e. The Morgan fingerprint density at radius 2 is 1.78 bits per heavy atom. The fourth-order valence-corrected chi connectivity index (χ4v) is 4.83. The molecule has 1 N–H and O–H groups in total. The van der Waals surface area contributed by atoms with E-state index in [2.05, 4.69) is 39.0 Å². The second-order valence-corrected chi connectivity index (χ2v) is 9.94. The predicted molar refractivity (Wildman–Crippen MR) is 147 cm³/mol. The van der Waals surface area contributed by atoms with Crippen LogP contribution in [0.1, 0.15) is 27.0 Å². The summed E-state index contributed by atoms with van der Waals surface area (Å²) >= 11 is 1.37. The van der Waals surface area contributed by atoms with Gasteiger partial charge in [-0.1, -0.05) is 48.2 Å². The summed E-state index contributed by atoms with van der Waals surface area (Å²) < 4.78 is 13.8. The molecule has 3 aromatic carbocycles. The zero-order valence-corrected chi connectivity index (χ0v) is 21.4. The highest BCUT2D eigenvalue weighted by molar-refractivity contribution is 7.14. The van der Waals surface area contributed by atoms with Crippen molar-refractivity contribution in [3.8, 4) is 23.1 Å². The van der Waals surface area contributed by atoms with Crippen LogP contribution in [0.4, 0.5) is 9.52 Å². The van der Waals surface area contributed by atoms with Crippen LogP contribution in [0.2, 0.25) is 0 Å². The topological polar surface area (TPSA) is 48.5 Å². The summed E-state index contributed by atoms with van der Waals surface area (Å²) in [6.07, 6.45) is 0. The summed E-state index contributed by atoms with van der Waals surface area (Å²) in [5.41, 5.74) is 4.55. The van der Waals surface area contributed by atoms with E-state index in [1.807, 2.05) is 53.9 Å². The van der Waals surface area contributed by atoms with Gasteiger partial charge in [0.25, 0.3) is 5.91 Å². The van der Waals surface area contributed by atoms with Crippen molar-refractivity contribution < 1.29 is 9.18 Å². The van der Waals surface area contributed by atoms with E-state index in [1.165, 1.54) is 23.0 Å². The van der Waals surface area contributed by atoms with Gasteiger partial charge in [-0.25, -0.2) is 9.37 Å². The van der Waals surface area contributed by atoms with Crippen LogP contribution in [0.15, 0.2) is 78.2 Å². The van der Waals surface area contributed by atoms with E-state index in [0.29, 0.717) is 16.3 Å². The molecule has 0 spiro atoms. The van der Waals surface area contributed by atoms with E-state index in [1.54, 1.807) is 18.2 Å². The maximum Gasteiger partial charge on any atom is 0.257 e. The highest BCUT2D eigenvalue weighted by atomic mass is 32.1.